The maximum atomic E-state index is 11.9. The molecule has 1 fully saturated rings. The number of fused-ring (bicyclic) bond motifs is 1. The number of rotatable bonds is 5. The molecule has 0 bridgehead atoms. The molecule has 6 heteroatoms. The van der Waals surface area contributed by atoms with E-state index in [4.69, 9.17) is 16.2 Å². The van der Waals surface area contributed by atoms with Crippen LogP contribution in [0, 0.1) is 5.41 Å². The third kappa shape index (κ3) is 3.54. The van der Waals surface area contributed by atoms with Gasteiger partial charge >= 0.3 is 6.03 Å². The van der Waals surface area contributed by atoms with Crippen LogP contribution >= 0.6 is 0 Å². The summed E-state index contributed by atoms with van der Waals surface area (Å²) in [6.07, 6.45) is 7.96. The molecule has 1 aromatic heterocycles. The molecule has 1 aromatic carbocycles. The predicted molar refractivity (Wildman–Crippen MR) is 101 cm³/mol. The van der Waals surface area contributed by atoms with E-state index in [1.165, 1.54) is 23.8 Å². The molecule has 0 saturated heterocycles. The fourth-order valence-electron chi connectivity index (χ4n) is 3.67. The molecule has 2 aromatic rings. The smallest absolute Gasteiger partial charge is 0.323 e. The zero-order valence-electron chi connectivity index (χ0n) is 15.5. The lowest BCUT2D eigenvalue weighted by molar-refractivity contribution is -0.125. The van der Waals surface area contributed by atoms with E-state index in [1.54, 1.807) is 20.0 Å². The van der Waals surface area contributed by atoms with Crippen molar-refractivity contribution >= 4 is 22.8 Å². The molecule has 0 spiro atoms. The van der Waals surface area contributed by atoms with Crippen molar-refractivity contribution in [3.05, 3.63) is 30.0 Å². The molecule has 1 aliphatic carbocycles. The van der Waals surface area contributed by atoms with Crippen molar-refractivity contribution in [2.75, 3.05) is 0 Å². The number of amides is 2. The average molecular weight is 357 g/mol. The van der Waals surface area contributed by atoms with Gasteiger partial charge < -0.3 is 16.2 Å². The summed E-state index contributed by atoms with van der Waals surface area (Å²) in [5, 5.41) is 0.839. The van der Waals surface area contributed by atoms with Gasteiger partial charge in [-0.1, -0.05) is 26.3 Å². The molecule has 26 heavy (non-hydrogen) atoms. The number of hydrogen-bond donors (Lipinski definition) is 2. The minimum atomic E-state index is -0.741. The first-order valence-corrected chi connectivity index (χ1v) is 9.19. The highest BCUT2D eigenvalue weighted by Crippen LogP contribution is 2.36. The molecule has 2 amide bonds. The van der Waals surface area contributed by atoms with E-state index in [9.17, 15) is 9.59 Å². The van der Waals surface area contributed by atoms with Crippen LogP contribution in [0.5, 0.6) is 5.75 Å². The minimum absolute atomic E-state index is 0.184. The largest absolute Gasteiger partial charge is 0.490 e. The van der Waals surface area contributed by atoms with Crippen molar-refractivity contribution in [2.45, 2.75) is 58.5 Å². The number of carbonyl (C=O) groups excluding carboxylic acids is 2. The molecule has 140 valence electrons. The Morgan fingerprint density at radius 3 is 2.50 bits per heavy atom. The zero-order chi connectivity index (χ0) is 18.9. The van der Waals surface area contributed by atoms with E-state index < -0.39 is 11.4 Å². The Bertz CT molecular complexity index is 832. The predicted octanol–water partition coefficient (Wildman–Crippen LogP) is 3.33. The van der Waals surface area contributed by atoms with Gasteiger partial charge in [0.25, 0.3) is 0 Å². The first kappa shape index (κ1) is 18.3. The average Bonchev–Trinajstić information content (AvgIpc) is 2.95. The van der Waals surface area contributed by atoms with Gasteiger partial charge in [0.15, 0.2) is 0 Å². The molecule has 3 rings (SSSR count). The molecule has 0 radical (unpaired) electrons. The fraction of sp³-hybridized carbons (Fsp3) is 0.500. The number of nitrogens with two attached hydrogens (primary N) is 2. The number of nitrogens with zero attached hydrogens (tertiary/aromatic N) is 1. The fourth-order valence-corrected chi connectivity index (χ4v) is 3.67. The van der Waals surface area contributed by atoms with Crippen molar-refractivity contribution in [1.29, 1.82) is 0 Å². The van der Waals surface area contributed by atoms with Crippen molar-refractivity contribution in [2.24, 2.45) is 16.9 Å². The van der Waals surface area contributed by atoms with Crippen LogP contribution in [-0.4, -0.2) is 22.6 Å². The lowest BCUT2D eigenvalue weighted by atomic mass is 9.85. The van der Waals surface area contributed by atoms with Crippen molar-refractivity contribution in [1.82, 2.24) is 4.57 Å². The SMILES string of the molecule is CC(C)(Cc1cn(C(N)=O)c2cccc(OC3CCCCC3)c12)C(N)=O. The summed E-state index contributed by atoms with van der Waals surface area (Å²) in [6, 6.07) is 5.06. The topological polar surface area (TPSA) is 100 Å². The van der Waals surface area contributed by atoms with Crippen LogP contribution in [-0.2, 0) is 11.2 Å². The summed E-state index contributed by atoms with van der Waals surface area (Å²) in [7, 11) is 0. The van der Waals surface area contributed by atoms with Crippen LogP contribution in [0.15, 0.2) is 24.4 Å². The van der Waals surface area contributed by atoms with Crippen LogP contribution in [0.1, 0.15) is 51.5 Å². The number of benzene rings is 1. The number of carbonyl (C=O) groups is 2. The monoisotopic (exact) mass is 357 g/mol. The van der Waals surface area contributed by atoms with Gasteiger partial charge in [0, 0.05) is 17.0 Å². The second kappa shape index (κ2) is 7.02. The van der Waals surface area contributed by atoms with Gasteiger partial charge in [0.2, 0.25) is 5.91 Å². The van der Waals surface area contributed by atoms with Gasteiger partial charge in [-0.3, -0.25) is 9.36 Å². The second-order valence-electron chi connectivity index (χ2n) is 7.82. The van der Waals surface area contributed by atoms with E-state index in [1.807, 2.05) is 18.2 Å². The van der Waals surface area contributed by atoms with E-state index >= 15 is 0 Å². The standard InChI is InChI=1S/C20H27N3O3/c1-20(2,18(21)24)11-13-12-23(19(22)25)15-9-6-10-16(17(13)15)26-14-7-4-3-5-8-14/h6,9-10,12,14H,3-5,7-8,11H2,1-2H3,(H2,21,24)(H2,22,25). The quantitative estimate of drug-likeness (QED) is 0.858. The van der Waals surface area contributed by atoms with Crippen molar-refractivity contribution in [3.63, 3.8) is 0 Å². The van der Waals surface area contributed by atoms with Crippen LogP contribution in [0.3, 0.4) is 0 Å². The maximum absolute atomic E-state index is 11.9. The number of hydrogen-bond acceptors (Lipinski definition) is 3. The Morgan fingerprint density at radius 2 is 1.88 bits per heavy atom. The van der Waals surface area contributed by atoms with E-state index in [2.05, 4.69) is 0 Å². The minimum Gasteiger partial charge on any atom is -0.490 e. The van der Waals surface area contributed by atoms with Gasteiger partial charge in [-0.15, -0.1) is 0 Å². The van der Waals surface area contributed by atoms with Crippen molar-refractivity contribution in [3.8, 4) is 5.75 Å². The molecular formula is C20H27N3O3. The Hall–Kier alpha value is -2.50. The summed E-state index contributed by atoms with van der Waals surface area (Å²) in [5.74, 6) is 0.354. The number of aromatic nitrogens is 1. The van der Waals surface area contributed by atoms with Gasteiger partial charge in [-0.05, 0) is 49.8 Å². The molecule has 6 nitrogen and oxygen atoms in total. The van der Waals surface area contributed by atoms with E-state index in [0.29, 0.717) is 11.9 Å². The molecule has 1 heterocycles. The lowest BCUT2D eigenvalue weighted by Gasteiger charge is -2.24. The summed E-state index contributed by atoms with van der Waals surface area (Å²) >= 11 is 0. The summed E-state index contributed by atoms with van der Waals surface area (Å²) in [5.41, 5.74) is 11.9. The summed E-state index contributed by atoms with van der Waals surface area (Å²) in [4.78, 5) is 23.7. The zero-order valence-corrected chi connectivity index (χ0v) is 15.5. The summed E-state index contributed by atoms with van der Waals surface area (Å²) in [6.45, 7) is 3.60. The van der Waals surface area contributed by atoms with Crippen LogP contribution in [0.4, 0.5) is 4.79 Å². The molecule has 0 aliphatic heterocycles. The Morgan fingerprint density at radius 1 is 1.19 bits per heavy atom. The third-order valence-corrected chi connectivity index (χ3v) is 5.25. The van der Waals surface area contributed by atoms with Gasteiger partial charge in [-0.2, -0.15) is 0 Å². The number of ether oxygens (including phenoxy) is 1. The lowest BCUT2D eigenvalue weighted by Crippen LogP contribution is -2.33. The molecule has 0 atom stereocenters. The molecule has 0 unspecified atom stereocenters. The Kier molecular flexibility index (Phi) is 4.94. The highest BCUT2D eigenvalue weighted by molar-refractivity contribution is 5.97. The van der Waals surface area contributed by atoms with Crippen LogP contribution < -0.4 is 16.2 Å². The van der Waals surface area contributed by atoms with E-state index in [0.717, 1.165) is 29.5 Å². The Labute approximate surface area is 153 Å². The van der Waals surface area contributed by atoms with Crippen LogP contribution in [0.25, 0.3) is 10.9 Å². The molecule has 1 aliphatic rings. The molecule has 1 saturated carbocycles. The normalized spacial score (nSPS) is 15.9. The maximum Gasteiger partial charge on any atom is 0.323 e. The first-order valence-electron chi connectivity index (χ1n) is 9.19. The first-order chi connectivity index (χ1) is 12.3. The van der Waals surface area contributed by atoms with E-state index in [-0.39, 0.29) is 12.0 Å². The highest BCUT2D eigenvalue weighted by Gasteiger charge is 2.29. The third-order valence-electron chi connectivity index (χ3n) is 5.25. The second-order valence-corrected chi connectivity index (χ2v) is 7.82. The van der Waals surface area contributed by atoms with Crippen LogP contribution in [0.2, 0.25) is 0 Å². The Balaban J connectivity index is 2.07. The van der Waals surface area contributed by atoms with Gasteiger partial charge in [0.05, 0.1) is 11.6 Å². The molecule has 4 N–H and O–H groups in total. The highest BCUT2D eigenvalue weighted by atomic mass is 16.5. The van der Waals surface area contributed by atoms with Gasteiger partial charge in [-0.25, -0.2) is 4.79 Å². The number of primary amides is 2. The summed E-state index contributed by atoms with van der Waals surface area (Å²) < 4.78 is 7.71. The molecular weight excluding hydrogens is 330 g/mol. The van der Waals surface area contributed by atoms with Crippen molar-refractivity contribution < 1.29 is 14.3 Å². The van der Waals surface area contributed by atoms with Gasteiger partial charge in [0.1, 0.15) is 5.75 Å².